The fourth-order valence-corrected chi connectivity index (χ4v) is 2.29. The number of halogens is 1. The minimum Gasteiger partial charge on any atom is -0.456 e. The molecule has 1 heterocycles. The zero-order chi connectivity index (χ0) is 14.5. The van der Waals surface area contributed by atoms with E-state index in [0.29, 0.717) is 16.4 Å². The molecule has 2 nitrogen and oxygen atoms in total. The minimum atomic E-state index is -0.411. The van der Waals surface area contributed by atoms with E-state index in [1.807, 2.05) is 12.1 Å². The standard InChI is InChI=1S/C17H15FO2/c1-17(2,3)10-4-7-14-13(8-10)16(19)12-6-5-11(18)9-15(12)20-14/h4-9H,1-3H3. The molecule has 0 aliphatic rings. The fourth-order valence-electron chi connectivity index (χ4n) is 2.29. The molecule has 0 aliphatic heterocycles. The second-order valence-electron chi connectivity index (χ2n) is 6.03. The average Bonchev–Trinajstić information content (AvgIpc) is 2.37. The van der Waals surface area contributed by atoms with E-state index in [1.165, 1.54) is 18.2 Å². The van der Waals surface area contributed by atoms with Gasteiger partial charge in [-0.1, -0.05) is 26.8 Å². The number of hydrogen-bond acceptors (Lipinski definition) is 2. The van der Waals surface area contributed by atoms with Gasteiger partial charge in [-0.05, 0) is 35.2 Å². The molecule has 102 valence electrons. The molecule has 3 heteroatoms. The van der Waals surface area contributed by atoms with Crippen LogP contribution in [0.5, 0.6) is 0 Å². The molecule has 0 saturated heterocycles. The van der Waals surface area contributed by atoms with Crippen LogP contribution in [-0.2, 0) is 5.41 Å². The van der Waals surface area contributed by atoms with Gasteiger partial charge in [0.1, 0.15) is 17.0 Å². The first-order chi connectivity index (χ1) is 9.36. The molecule has 2 aromatic carbocycles. The van der Waals surface area contributed by atoms with Gasteiger partial charge >= 0.3 is 0 Å². The van der Waals surface area contributed by atoms with Crippen LogP contribution in [0.25, 0.3) is 21.9 Å². The van der Waals surface area contributed by atoms with E-state index in [2.05, 4.69) is 20.8 Å². The molecule has 0 N–H and O–H groups in total. The Hall–Kier alpha value is -2.16. The van der Waals surface area contributed by atoms with Crippen molar-refractivity contribution in [1.29, 1.82) is 0 Å². The number of rotatable bonds is 0. The SMILES string of the molecule is CC(C)(C)c1ccc2oc3cc(F)ccc3c(=O)c2c1. The number of benzene rings is 2. The van der Waals surface area contributed by atoms with Gasteiger partial charge in [-0.25, -0.2) is 4.39 Å². The molecule has 0 bridgehead atoms. The van der Waals surface area contributed by atoms with Crippen molar-refractivity contribution in [3.05, 3.63) is 58.0 Å². The van der Waals surface area contributed by atoms with Crippen molar-refractivity contribution in [1.82, 2.24) is 0 Å². The Labute approximate surface area is 115 Å². The first-order valence-electron chi connectivity index (χ1n) is 6.53. The Balaban J connectivity index is 2.42. The van der Waals surface area contributed by atoms with Crippen LogP contribution in [0.1, 0.15) is 26.3 Å². The predicted octanol–water partition coefficient (Wildman–Crippen LogP) is 4.38. The first kappa shape index (κ1) is 12.9. The van der Waals surface area contributed by atoms with Crippen molar-refractivity contribution in [2.75, 3.05) is 0 Å². The van der Waals surface area contributed by atoms with Crippen molar-refractivity contribution in [2.45, 2.75) is 26.2 Å². The lowest BCUT2D eigenvalue weighted by molar-refractivity contribution is 0.589. The molecule has 1 aromatic heterocycles. The second-order valence-corrected chi connectivity index (χ2v) is 6.03. The average molecular weight is 270 g/mol. The zero-order valence-corrected chi connectivity index (χ0v) is 11.7. The van der Waals surface area contributed by atoms with Crippen molar-refractivity contribution in [2.24, 2.45) is 0 Å². The third-order valence-corrected chi connectivity index (χ3v) is 3.50. The van der Waals surface area contributed by atoms with Gasteiger partial charge in [-0.2, -0.15) is 0 Å². The number of fused-ring (bicyclic) bond motifs is 2. The first-order valence-corrected chi connectivity index (χ1v) is 6.53. The van der Waals surface area contributed by atoms with Crippen LogP contribution < -0.4 is 5.43 Å². The van der Waals surface area contributed by atoms with Crippen molar-refractivity contribution in [3.8, 4) is 0 Å². The van der Waals surface area contributed by atoms with E-state index in [-0.39, 0.29) is 16.4 Å². The fraction of sp³-hybridized carbons (Fsp3) is 0.235. The summed E-state index contributed by atoms with van der Waals surface area (Å²) in [4.78, 5) is 12.5. The summed E-state index contributed by atoms with van der Waals surface area (Å²) < 4.78 is 18.9. The number of hydrogen-bond donors (Lipinski definition) is 0. The van der Waals surface area contributed by atoms with Crippen LogP contribution in [0, 0.1) is 5.82 Å². The third kappa shape index (κ3) is 1.99. The Morgan fingerprint density at radius 3 is 2.40 bits per heavy atom. The smallest absolute Gasteiger partial charge is 0.200 e. The van der Waals surface area contributed by atoms with E-state index in [9.17, 15) is 9.18 Å². The van der Waals surface area contributed by atoms with Gasteiger partial charge < -0.3 is 4.42 Å². The van der Waals surface area contributed by atoms with Crippen LogP contribution in [0.3, 0.4) is 0 Å². The van der Waals surface area contributed by atoms with Gasteiger partial charge in [0.25, 0.3) is 0 Å². The van der Waals surface area contributed by atoms with E-state index >= 15 is 0 Å². The molecule has 3 aromatic rings. The van der Waals surface area contributed by atoms with Crippen LogP contribution in [0.4, 0.5) is 4.39 Å². The Morgan fingerprint density at radius 1 is 0.950 bits per heavy atom. The highest BCUT2D eigenvalue weighted by Crippen LogP contribution is 2.26. The second kappa shape index (κ2) is 4.17. The molecule has 0 atom stereocenters. The molecule has 0 unspecified atom stereocenters. The summed E-state index contributed by atoms with van der Waals surface area (Å²) in [5.41, 5.74) is 1.68. The molecule has 0 fully saturated rings. The zero-order valence-electron chi connectivity index (χ0n) is 11.7. The van der Waals surface area contributed by atoms with Gasteiger partial charge in [0.15, 0.2) is 0 Å². The highest BCUT2D eigenvalue weighted by atomic mass is 19.1. The van der Waals surface area contributed by atoms with Crippen LogP contribution in [0.2, 0.25) is 0 Å². The molecule has 0 radical (unpaired) electrons. The minimum absolute atomic E-state index is 0.0433. The highest BCUT2D eigenvalue weighted by Gasteiger charge is 2.16. The molecule has 20 heavy (non-hydrogen) atoms. The molecule has 0 amide bonds. The van der Waals surface area contributed by atoms with E-state index in [4.69, 9.17) is 4.42 Å². The van der Waals surface area contributed by atoms with Crippen molar-refractivity contribution in [3.63, 3.8) is 0 Å². The summed E-state index contributed by atoms with van der Waals surface area (Å²) in [6.45, 7) is 6.27. The van der Waals surface area contributed by atoms with Gasteiger partial charge in [0.2, 0.25) is 5.43 Å². The maximum atomic E-state index is 13.2. The lowest BCUT2D eigenvalue weighted by Gasteiger charge is -2.19. The lowest BCUT2D eigenvalue weighted by Crippen LogP contribution is -2.12. The summed E-state index contributed by atoms with van der Waals surface area (Å²) >= 11 is 0. The summed E-state index contributed by atoms with van der Waals surface area (Å²) in [5.74, 6) is -0.411. The molecular weight excluding hydrogens is 255 g/mol. The van der Waals surface area contributed by atoms with Crippen molar-refractivity contribution < 1.29 is 8.81 Å². The summed E-state index contributed by atoms with van der Waals surface area (Å²) in [7, 11) is 0. The Morgan fingerprint density at radius 2 is 1.70 bits per heavy atom. The van der Waals surface area contributed by atoms with Gasteiger partial charge in [0, 0.05) is 6.07 Å². The largest absolute Gasteiger partial charge is 0.456 e. The molecule has 3 rings (SSSR count). The van der Waals surface area contributed by atoms with E-state index < -0.39 is 5.82 Å². The van der Waals surface area contributed by atoms with Crippen LogP contribution >= 0.6 is 0 Å². The monoisotopic (exact) mass is 270 g/mol. The lowest BCUT2D eigenvalue weighted by atomic mass is 9.86. The summed E-state index contributed by atoms with van der Waals surface area (Å²) in [6.07, 6.45) is 0. The Bertz CT molecular complexity index is 870. The molecule has 0 saturated carbocycles. The maximum Gasteiger partial charge on any atom is 0.200 e. The highest BCUT2D eigenvalue weighted by molar-refractivity contribution is 5.90. The normalized spacial score (nSPS) is 12.2. The Kier molecular flexibility index (Phi) is 2.68. The van der Waals surface area contributed by atoms with Gasteiger partial charge in [-0.3, -0.25) is 4.79 Å². The van der Waals surface area contributed by atoms with Crippen LogP contribution in [0.15, 0.2) is 45.6 Å². The third-order valence-electron chi connectivity index (χ3n) is 3.50. The van der Waals surface area contributed by atoms with Gasteiger partial charge in [0.05, 0.1) is 10.8 Å². The van der Waals surface area contributed by atoms with E-state index in [0.717, 1.165) is 5.56 Å². The summed E-state index contributed by atoms with van der Waals surface area (Å²) in [6, 6.07) is 9.58. The van der Waals surface area contributed by atoms with Crippen LogP contribution in [-0.4, -0.2) is 0 Å². The molecule has 0 aliphatic carbocycles. The van der Waals surface area contributed by atoms with Crippen molar-refractivity contribution >= 4 is 21.9 Å². The molecule has 0 spiro atoms. The maximum absolute atomic E-state index is 13.2. The van der Waals surface area contributed by atoms with Gasteiger partial charge in [-0.15, -0.1) is 0 Å². The predicted molar refractivity (Wildman–Crippen MR) is 78.6 cm³/mol. The topological polar surface area (TPSA) is 30.2 Å². The quantitative estimate of drug-likeness (QED) is 0.567. The summed E-state index contributed by atoms with van der Waals surface area (Å²) in [5, 5.41) is 0.946. The molecular formula is C17H15FO2. The van der Waals surface area contributed by atoms with E-state index in [1.54, 1.807) is 6.07 Å².